The number of alkyl halides is 3. The summed E-state index contributed by atoms with van der Waals surface area (Å²) in [6.45, 7) is 7.06. The third-order valence-corrected chi connectivity index (χ3v) is 2.67. The molecule has 0 spiro atoms. The second kappa shape index (κ2) is 6.80. The van der Waals surface area contributed by atoms with Gasteiger partial charge >= 0.3 is 6.36 Å². The molecule has 1 aromatic rings. The Labute approximate surface area is 112 Å². The molecule has 0 aromatic heterocycles. The zero-order valence-electron chi connectivity index (χ0n) is 11.4. The number of halogens is 3. The van der Waals surface area contributed by atoms with Gasteiger partial charge < -0.3 is 10.1 Å². The molecule has 0 saturated heterocycles. The molecule has 1 aromatic carbocycles. The van der Waals surface area contributed by atoms with E-state index in [4.69, 9.17) is 0 Å². The van der Waals surface area contributed by atoms with Crippen LogP contribution in [0.5, 0.6) is 5.75 Å². The summed E-state index contributed by atoms with van der Waals surface area (Å²) in [5, 5.41) is 3.33. The van der Waals surface area contributed by atoms with Gasteiger partial charge in [-0.15, -0.1) is 13.2 Å². The van der Waals surface area contributed by atoms with Crippen LogP contribution in [0, 0.1) is 5.92 Å². The summed E-state index contributed by atoms with van der Waals surface area (Å²) < 4.78 is 40.0. The van der Waals surface area contributed by atoms with Crippen LogP contribution in [0.25, 0.3) is 0 Å². The highest BCUT2D eigenvalue weighted by Gasteiger charge is 2.31. The van der Waals surface area contributed by atoms with Crippen molar-refractivity contribution in [2.24, 2.45) is 5.92 Å². The van der Waals surface area contributed by atoms with Gasteiger partial charge in [-0.05, 0) is 36.6 Å². The molecule has 0 aliphatic heterocycles. The zero-order valence-corrected chi connectivity index (χ0v) is 11.4. The molecule has 0 amide bonds. The summed E-state index contributed by atoms with van der Waals surface area (Å²) >= 11 is 0. The van der Waals surface area contributed by atoms with Crippen LogP contribution in [0.15, 0.2) is 24.3 Å². The summed E-state index contributed by atoms with van der Waals surface area (Å²) in [6.07, 6.45) is -3.70. The quantitative estimate of drug-likeness (QED) is 0.836. The summed E-state index contributed by atoms with van der Waals surface area (Å²) in [6, 6.07) is 6.22. The van der Waals surface area contributed by atoms with Crippen molar-refractivity contribution in [1.29, 1.82) is 0 Å². The van der Waals surface area contributed by atoms with Crippen molar-refractivity contribution in [3.8, 4) is 5.75 Å². The summed E-state index contributed by atoms with van der Waals surface area (Å²) in [7, 11) is 0. The lowest BCUT2D eigenvalue weighted by Crippen LogP contribution is -2.22. The number of ether oxygens (including phenoxy) is 1. The first-order valence-electron chi connectivity index (χ1n) is 6.41. The van der Waals surface area contributed by atoms with Crippen molar-refractivity contribution >= 4 is 0 Å². The van der Waals surface area contributed by atoms with Gasteiger partial charge in [0.15, 0.2) is 0 Å². The van der Waals surface area contributed by atoms with E-state index in [1.807, 2.05) is 6.92 Å². The van der Waals surface area contributed by atoms with Crippen LogP contribution >= 0.6 is 0 Å². The Hall–Kier alpha value is -1.23. The molecule has 108 valence electrons. The molecule has 0 radical (unpaired) electrons. The van der Waals surface area contributed by atoms with Gasteiger partial charge in [0.1, 0.15) is 5.75 Å². The minimum atomic E-state index is -4.64. The molecule has 19 heavy (non-hydrogen) atoms. The first-order chi connectivity index (χ1) is 8.81. The Kier molecular flexibility index (Phi) is 5.66. The predicted octanol–water partition coefficient (Wildman–Crippen LogP) is 4.28. The van der Waals surface area contributed by atoms with Crippen molar-refractivity contribution in [2.45, 2.75) is 39.6 Å². The Morgan fingerprint density at radius 3 is 2.16 bits per heavy atom. The lowest BCUT2D eigenvalue weighted by atomic mass is 9.97. The summed E-state index contributed by atoms with van der Waals surface area (Å²) in [5.74, 6) is 0.325. The van der Waals surface area contributed by atoms with Crippen molar-refractivity contribution < 1.29 is 17.9 Å². The molecule has 0 saturated carbocycles. The highest BCUT2D eigenvalue weighted by molar-refractivity contribution is 5.29. The Bertz CT molecular complexity index is 373. The maximum Gasteiger partial charge on any atom is 0.573 e. The third-order valence-electron chi connectivity index (χ3n) is 2.67. The maximum absolute atomic E-state index is 12.1. The van der Waals surface area contributed by atoms with Gasteiger partial charge in [0.2, 0.25) is 0 Å². The first kappa shape index (κ1) is 15.8. The minimum Gasteiger partial charge on any atom is -0.406 e. The average Bonchev–Trinajstić information content (AvgIpc) is 2.27. The van der Waals surface area contributed by atoms with Gasteiger partial charge in [-0.2, -0.15) is 0 Å². The standard InChI is InChI=1S/C14H20F3NO/c1-4-18-13(9-10(2)3)11-5-7-12(8-6-11)19-14(15,16)17/h5-8,10,13,18H,4,9H2,1-3H3. The summed E-state index contributed by atoms with van der Waals surface area (Å²) in [5.41, 5.74) is 0.977. The van der Waals surface area contributed by atoms with Crippen LogP contribution < -0.4 is 10.1 Å². The molecule has 1 unspecified atom stereocenters. The molecule has 0 bridgehead atoms. The SMILES string of the molecule is CCNC(CC(C)C)c1ccc(OC(F)(F)F)cc1. The van der Waals surface area contributed by atoms with Crippen LogP contribution in [0.4, 0.5) is 13.2 Å². The second-order valence-electron chi connectivity index (χ2n) is 4.86. The highest BCUT2D eigenvalue weighted by Crippen LogP contribution is 2.26. The number of hydrogen-bond acceptors (Lipinski definition) is 2. The number of hydrogen-bond donors (Lipinski definition) is 1. The Balaban J connectivity index is 2.77. The van der Waals surface area contributed by atoms with Gasteiger partial charge in [0, 0.05) is 6.04 Å². The number of nitrogens with one attached hydrogen (secondary N) is 1. The van der Waals surface area contributed by atoms with E-state index < -0.39 is 6.36 Å². The van der Waals surface area contributed by atoms with E-state index in [1.165, 1.54) is 12.1 Å². The molecule has 0 heterocycles. The largest absolute Gasteiger partial charge is 0.573 e. The molecule has 2 nitrogen and oxygen atoms in total. The fraction of sp³-hybridized carbons (Fsp3) is 0.571. The third kappa shape index (κ3) is 5.96. The topological polar surface area (TPSA) is 21.3 Å². The molecular formula is C14H20F3NO. The van der Waals surface area contributed by atoms with Crippen LogP contribution in [0.1, 0.15) is 38.8 Å². The zero-order chi connectivity index (χ0) is 14.5. The predicted molar refractivity (Wildman–Crippen MR) is 69.0 cm³/mol. The molecule has 0 aliphatic rings. The minimum absolute atomic E-state index is 0.157. The van der Waals surface area contributed by atoms with Crippen LogP contribution in [0.2, 0.25) is 0 Å². The van der Waals surface area contributed by atoms with Crippen LogP contribution in [-0.4, -0.2) is 12.9 Å². The highest BCUT2D eigenvalue weighted by atomic mass is 19.4. The number of benzene rings is 1. The maximum atomic E-state index is 12.1. The molecule has 1 atom stereocenters. The van der Waals surface area contributed by atoms with Gasteiger partial charge in [-0.1, -0.05) is 32.9 Å². The average molecular weight is 275 g/mol. The van der Waals surface area contributed by atoms with Gasteiger partial charge in [-0.3, -0.25) is 0 Å². The van der Waals surface area contributed by atoms with Gasteiger partial charge in [0.05, 0.1) is 0 Å². The van der Waals surface area contributed by atoms with Gasteiger partial charge in [0.25, 0.3) is 0 Å². The van der Waals surface area contributed by atoms with E-state index in [0.717, 1.165) is 18.5 Å². The molecular weight excluding hydrogens is 255 g/mol. The Morgan fingerprint density at radius 2 is 1.74 bits per heavy atom. The van der Waals surface area contributed by atoms with Crippen molar-refractivity contribution in [2.75, 3.05) is 6.54 Å². The van der Waals surface area contributed by atoms with E-state index in [1.54, 1.807) is 12.1 Å². The molecule has 1 rings (SSSR count). The lowest BCUT2D eigenvalue weighted by molar-refractivity contribution is -0.274. The fourth-order valence-electron chi connectivity index (χ4n) is 1.96. The van der Waals surface area contributed by atoms with E-state index in [9.17, 15) is 13.2 Å². The van der Waals surface area contributed by atoms with E-state index in [0.29, 0.717) is 5.92 Å². The normalized spacial score (nSPS) is 13.6. The van der Waals surface area contributed by atoms with Crippen molar-refractivity contribution in [1.82, 2.24) is 5.32 Å². The smallest absolute Gasteiger partial charge is 0.406 e. The Morgan fingerprint density at radius 1 is 1.16 bits per heavy atom. The molecule has 0 fully saturated rings. The number of rotatable bonds is 6. The van der Waals surface area contributed by atoms with Crippen LogP contribution in [-0.2, 0) is 0 Å². The molecule has 1 N–H and O–H groups in total. The lowest BCUT2D eigenvalue weighted by Gasteiger charge is -2.20. The molecule has 0 aliphatic carbocycles. The fourth-order valence-corrected chi connectivity index (χ4v) is 1.96. The van der Waals surface area contributed by atoms with Crippen LogP contribution in [0.3, 0.4) is 0 Å². The van der Waals surface area contributed by atoms with E-state index in [-0.39, 0.29) is 11.8 Å². The van der Waals surface area contributed by atoms with Crippen molar-refractivity contribution in [3.05, 3.63) is 29.8 Å². The second-order valence-corrected chi connectivity index (χ2v) is 4.86. The summed E-state index contributed by atoms with van der Waals surface area (Å²) in [4.78, 5) is 0. The van der Waals surface area contributed by atoms with Gasteiger partial charge in [-0.25, -0.2) is 0 Å². The molecule has 5 heteroatoms. The van der Waals surface area contributed by atoms with E-state index in [2.05, 4.69) is 23.9 Å². The van der Waals surface area contributed by atoms with E-state index >= 15 is 0 Å². The monoisotopic (exact) mass is 275 g/mol. The first-order valence-corrected chi connectivity index (χ1v) is 6.41. The van der Waals surface area contributed by atoms with Crippen molar-refractivity contribution in [3.63, 3.8) is 0 Å².